The van der Waals surface area contributed by atoms with E-state index < -0.39 is 0 Å². The Balaban J connectivity index is 1.91. The van der Waals surface area contributed by atoms with E-state index >= 15 is 0 Å². The summed E-state index contributed by atoms with van der Waals surface area (Å²) >= 11 is 0. The summed E-state index contributed by atoms with van der Waals surface area (Å²) in [6.45, 7) is 0.851. The van der Waals surface area contributed by atoms with Crippen LogP contribution >= 0.6 is 0 Å². The van der Waals surface area contributed by atoms with Gasteiger partial charge in [-0.2, -0.15) is 0 Å². The Morgan fingerprint density at radius 2 is 2.14 bits per heavy atom. The first kappa shape index (κ1) is 8.30. The quantitative estimate of drug-likeness (QED) is 0.625. The third-order valence-electron chi connectivity index (χ3n) is 3.08. The lowest BCUT2D eigenvalue weighted by Crippen LogP contribution is -2.38. The monoisotopic (exact) mass is 190 g/mol. The maximum Gasteiger partial charge on any atom is 0.202 e. The van der Waals surface area contributed by atoms with E-state index in [2.05, 4.69) is 12.1 Å². The molecule has 0 saturated carbocycles. The van der Waals surface area contributed by atoms with E-state index in [1.807, 2.05) is 12.1 Å². The normalized spacial score (nSPS) is 30.0. The highest BCUT2D eigenvalue weighted by Crippen LogP contribution is 2.35. The standard InChI is InChI=1S/C12H14O2/c1-2-6-11-9(4-1)8-10-5-3-7-13-12(10)14-11/h1-2,4,6,10,12H,3,5,7-8H2/t10-,12+/m1/s1. The number of hydrogen-bond acceptors (Lipinski definition) is 2. The van der Waals surface area contributed by atoms with Gasteiger partial charge in [0.05, 0.1) is 6.61 Å². The molecule has 0 amide bonds. The van der Waals surface area contributed by atoms with Crippen LogP contribution in [0.25, 0.3) is 0 Å². The number of ether oxygens (including phenoxy) is 2. The van der Waals surface area contributed by atoms with Gasteiger partial charge in [-0.3, -0.25) is 0 Å². The Bertz CT molecular complexity index is 302. The Morgan fingerprint density at radius 1 is 1.21 bits per heavy atom. The highest BCUT2D eigenvalue weighted by atomic mass is 16.7. The van der Waals surface area contributed by atoms with Crippen molar-refractivity contribution in [3.05, 3.63) is 29.8 Å². The maximum absolute atomic E-state index is 5.81. The highest BCUT2D eigenvalue weighted by molar-refractivity contribution is 5.35. The molecule has 2 atom stereocenters. The molecule has 1 aromatic carbocycles. The van der Waals surface area contributed by atoms with Crippen LogP contribution < -0.4 is 4.74 Å². The second kappa shape index (κ2) is 3.28. The largest absolute Gasteiger partial charge is 0.464 e. The molecule has 0 bridgehead atoms. The Labute approximate surface area is 83.8 Å². The van der Waals surface area contributed by atoms with E-state index in [9.17, 15) is 0 Å². The van der Waals surface area contributed by atoms with Gasteiger partial charge in [0.25, 0.3) is 0 Å². The van der Waals surface area contributed by atoms with E-state index in [1.54, 1.807) is 0 Å². The lowest BCUT2D eigenvalue weighted by molar-refractivity contribution is -0.148. The zero-order valence-electron chi connectivity index (χ0n) is 8.11. The second-order valence-corrected chi connectivity index (χ2v) is 4.07. The summed E-state index contributed by atoms with van der Waals surface area (Å²) in [5, 5.41) is 0. The lowest BCUT2D eigenvalue weighted by atomic mass is 9.90. The third kappa shape index (κ3) is 1.30. The molecule has 2 nitrogen and oxygen atoms in total. The number of hydrogen-bond donors (Lipinski definition) is 0. The number of benzene rings is 1. The summed E-state index contributed by atoms with van der Waals surface area (Å²) < 4.78 is 11.4. The van der Waals surface area contributed by atoms with E-state index in [-0.39, 0.29) is 6.29 Å². The average molecular weight is 190 g/mol. The van der Waals surface area contributed by atoms with Crippen LogP contribution in [0.4, 0.5) is 0 Å². The minimum Gasteiger partial charge on any atom is -0.464 e. The van der Waals surface area contributed by atoms with Gasteiger partial charge in [0.15, 0.2) is 0 Å². The Morgan fingerprint density at radius 3 is 3.14 bits per heavy atom. The molecule has 3 rings (SSSR count). The van der Waals surface area contributed by atoms with Gasteiger partial charge < -0.3 is 9.47 Å². The van der Waals surface area contributed by atoms with Crippen molar-refractivity contribution < 1.29 is 9.47 Å². The van der Waals surface area contributed by atoms with E-state index in [1.165, 1.54) is 18.4 Å². The van der Waals surface area contributed by atoms with Crippen LogP contribution in [0.5, 0.6) is 5.75 Å². The number of fused-ring (bicyclic) bond motifs is 2. The van der Waals surface area contributed by atoms with Crippen LogP contribution in [0.15, 0.2) is 24.3 Å². The van der Waals surface area contributed by atoms with Gasteiger partial charge in [-0.15, -0.1) is 0 Å². The molecule has 14 heavy (non-hydrogen) atoms. The van der Waals surface area contributed by atoms with Crippen molar-refractivity contribution in [1.82, 2.24) is 0 Å². The molecule has 0 aromatic heterocycles. The predicted molar refractivity (Wildman–Crippen MR) is 53.2 cm³/mol. The molecule has 74 valence electrons. The average Bonchev–Trinajstić information content (AvgIpc) is 2.26. The van der Waals surface area contributed by atoms with Crippen LogP contribution in [-0.4, -0.2) is 12.9 Å². The first-order valence-corrected chi connectivity index (χ1v) is 5.29. The summed E-state index contributed by atoms with van der Waals surface area (Å²) in [5.41, 5.74) is 1.33. The van der Waals surface area contributed by atoms with Crippen molar-refractivity contribution in [3.8, 4) is 5.75 Å². The summed E-state index contributed by atoms with van der Waals surface area (Å²) in [4.78, 5) is 0. The molecule has 0 aliphatic carbocycles. The molecule has 0 spiro atoms. The molecule has 0 N–H and O–H groups in total. The molecule has 0 radical (unpaired) electrons. The molecular formula is C12H14O2. The molecule has 2 heteroatoms. The van der Waals surface area contributed by atoms with Crippen molar-refractivity contribution in [2.75, 3.05) is 6.61 Å². The minimum atomic E-state index is 0.0126. The predicted octanol–water partition coefficient (Wildman–Crippen LogP) is 2.37. The first-order chi connectivity index (χ1) is 6.93. The molecule has 1 fully saturated rings. The molecular weight excluding hydrogens is 176 g/mol. The summed E-state index contributed by atoms with van der Waals surface area (Å²) in [6.07, 6.45) is 3.53. The number of para-hydroxylation sites is 1. The molecule has 2 aliphatic rings. The lowest BCUT2D eigenvalue weighted by Gasteiger charge is -2.36. The molecule has 1 aromatic rings. The van der Waals surface area contributed by atoms with Crippen molar-refractivity contribution in [3.63, 3.8) is 0 Å². The van der Waals surface area contributed by atoms with Gasteiger partial charge in [0, 0.05) is 5.92 Å². The van der Waals surface area contributed by atoms with Crippen molar-refractivity contribution in [2.45, 2.75) is 25.6 Å². The van der Waals surface area contributed by atoms with Crippen molar-refractivity contribution in [2.24, 2.45) is 5.92 Å². The van der Waals surface area contributed by atoms with Crippen LogP contribution in [0, 0.1) is 5.92 Å². The van der Waals surface area contributed by atoms with Crippen LogP contribution in [0.2, 0.25) is 0 Å². The fourth-order valence-corrected chi connectivity index (χ4v) is 2.34. The highest BCUT2D eigenvalue weighted by Gasteiger charge is 2.32. The zero-order chi connectivity index (χ0) is 9.38. The van der Waals surface area contributed by atoms with Crippen LogP contribution in [0.3, 0.4) is 0 Å². The molecule has 1 saturated heterocycles. The van der Waals surface area contributed by atoms with Gasteiger partial charge in [-0.1, -0.05) is 18.2 Å². The van der Waals surface area contributed by atoms with Crippen LogP contribution in [0.1, 0.15) is 18.4 Å². The second-order valence-electron chi connectivity index (χ2n) is 4.07. The topological polar surface area (TPSA) is 18.5 Å². The van der Waals surface area contributed by atoms with E-state index in [0.29, 0.717) is 5.92 Å². The maximum atomic E-state index is 5.81. The van der Waals surface area contributed by atoms with E-state index in [0.717, 1.165) is 18.8 Å². The minimum absolute atomic E-state index is 0.0126. The fourth-order valence-electron chi connectivity index (χ4n) is 2.34. The van der Waals surface area contributed by atoms with Gasteiger partial charge in [-0.25, -0.2) is 0 Å². The Kier molecular flexibility index (Phi) is 1.95. The molecule has 0 unspecified atom stereocenters. The summed E-state index contributed by atoms with van der Waals surface area (Å²) in [7, 11) is 0. The van der Waals surface area contributed by atoms with Gasteiger partial charge in [-0.05, 0) is 30.9 Å². The molecule has 2 heterocycles. The van der Waals surface area contributed by atoms with E-state index in [4.69, 9.17) is 9.47 Å². The summed E-state index contributed by atoms with van der Waals surface area (Å²) in [5.74, 6) is 1.58. The van der Waals surface area contributed by atoms with Gasteiger partial charge >= 0.3 is 0 Å². The summed E-state index contributed by atoms with van der Waals surface area (Å²) in [6, 6.07) is 8.28. The van der Waals surface area contributed by atoms with Crippen molar-refractivity contribution in [1.29, 1.82) is 0 Å². The number of rotatable bonds is 0. The third-order valence-corrected chi connectivity index (χ3v) is 3.08. The van der Waals surface area contributed by atoms with Gasteiger partial charge in [0.2, 0.25) is 6.29 Å². The zero-order valence-corrected chi connectivity index (χ0v) is 8.11. The van der Waals surface area contributed by atoms with Crippen molar-refractivity contribution >= 4 is 0 Å². The van der Waals surface area contributed by atoms with Crippen LogP contribution in [-0.2, 0) is 11.2 Å². The Hall–Kier alpha value is -1.02. The SMILES string of the molecule is c1ccc2c(c1)C[C@H]1CCCO[C@H]1O2. The first-order valence-electron chi connectivity index (χ1n) is 5.29. The molecule has 2 aliphatic heterocycles. The van der Waals surface area contributed by atoms with Gasteiger partial charge in [0.1, 0.15) is 5.75 Å². The smallest absolute Gasteiger partial charge is 0.202 e. The fraction of sp³-hybridized carbons (Fsp3) is 0.500.